The Labute approximate surface area is 223 Å². The van der Waals surface area contributed by atoms with Gasteiger partial charge in [0, 0.05) is 27.7 Å². The molecule has 1 N–H and O–H groups in total. The second-order valence-electron chi connectivity index (χ2n) is 9.26. The minimum atomic E-state index is -0.470. The van der Waals surface area contributed by atoms with Crippen molar-refractivity contribution in [3.05, 3.63) is 106 Å². The first-order valence-corrected chi connectivity index (χ1v) is 13.0. The van der Waals surface area contributed by atoms with Gasteiger partial charge in [-0.25, -0.2) is 4.79 Å². The number of benzene rings is 4. The van der Waals surface area contributed by atoms with E-state index < -0.39 is 5.97 Å². The first kappa shape index (κ1) is 23.5. The minimum absolute atomic E-state index is 0.169. The van der Waals surface area contributed by atoms with Crippen LogP contribution in [0.2, 0.25) is 0 Å². The summed E-state index contributed by atoms with van der Waals surface area (Å²) in [4.78, 5) is 26.0. The SMILES string of the molecule is COc1cc(C2Nc3ccc4ccccc4c3C3=C2C(=O)CCC3)ccc1OC(=O)c1ccc(Br)cc1. The van der Waals surface area contributed by atoms with Gasteiger partial charge < -0.3 is 14.8 Å². The maximum absolute atomic E-state index is 13.3. The van der Waals surface area contributed by atoms with Crippen LogP contribution in [-0.2, 0) is 4.79 Å². The Hall–Kier alpha value is -3.90. The summed E-state index contributed by atoms with van der Waals surface area (Å²) in [5, 5.41) is 5.94. The van der Waals surface area contributed by atoms with E-state index in [0.717, 1.165) is 56.0 Å². The predicted molar refractivity (Wildman–Crippen MR) is 148 cm³/mol. The largest absolute Gasteiger partial charge is 0.493 e. The molecule has 0 saturated carbocycles. The first-order valence-electron chi connectivity index (χ1n) is 12.2. The van der Waals surface area contributed by atoms with E-state index in [0.29, 0.717) is 23.5 Å². The zero-order valence-electron chi connectivity index (χ0n) is 20.2. The zero-order valence-corrected chi connectivity index (χ0v) is 21.8. The monoisotopic (exact) mass is 553 g/mol. The van der Waals surface area contributed by atoms with Crippen molar-refractivity contribution >= 4 is 49.7 Å². The molecule has 1 aliphatic heterocycles. The van der Waals surface area contributed by atoms with Crippen LogP contribution in [0.25, 0.3) is 16.3 Å². The lowest BCUT2D eigenvalue weighted by Gasteiger charge is -2.35. The molecule has 0 spiro atoms. The van der Waals surface area contributed by atoms with E-state index in [1.165, 1.54) is 0 Å². The minimum Gasteiger partial charge on any atom is -0.493 e. The van der Waals surface area contributed by atoms with Crippen molar-refractivity contribution < 1.29 is 19.1 Å². The molecule has 0 radical (unpaired) electrons. The van der Waals surface area contributed by atoms with Crippen LogP contribution in [0.4, 0.5) is 5.69 Å². The van der Waals surface area contributed by atoms with Crippen molar-refractivity contribution in [3.63, 3.8) is 0 Å². The Kier molecular flexibility index (Phi) is 6.05. The van der Waals surface area contributed by atoms with Crippen LogP contribution >= 0.6 is 15.9 Å². The van der Waals surface area contributed by atoms with Crippen LogP contribution in [0.15, 0.2) is 88.9 Å². The van der Waals surface area contributed by atoms with Gasteiger partial charge in [-0.3, -0.25) is 4.79 Å². The number of halogens is 1. The van der Waals surface area contributed by atoms with Gasteiger partial charge in [0.05, 0.1) is 18.7 Å². The molecule has 1 atom stereocenters. The smallest absolute Gasteiger partial charge is 0.343 e. The molecule has 0 saturated heterocycles. The summed E-state index contributed by atoms with van der Waals surface area (Å²) in [6.07, 6.45) is 2.25. The highest BCUT2D eigenvalue weighted by Gasteiger charge is 2.35. The van der Waals surface area contributed by atoms with E-state index in [2.05, 4.69) is 45.5 Å². The van der Waals surface area contributed by atoms with Gasteiger partial charge in [0.15, 0.2) is 17.3 Å². The number of rotatable bonds is 4. The van der Waals surface area contributed by atoms with E-state index in [1.807, 2.05) is 24.3 Å². The average Bonchev–Trinajstić information content (AvgIpc) is 2.93. The molecule has 0 aromatic heterocycles. The topological polar surface area (TPSA) is 64.6 Å². The molecule has 1 heterocycles. The lowest BCUT2D eigenvalue weighted by Crippen LogP contribution is -2.27. The summed E-state index contributed by atoms with van der Waals surface area (Å²) in [6, 6.07) is 24.6. The van der Waals surface area contributed by atoms with Gasteiger partial charge >= 0.3 is 5.97 Å². The molecule has 6 heteroatoms. The van der Waals surface area contributed by atoms with Crippen LogP contribution in [0, 0.1) is 0 Å². The van der Waals surface area contributed by atoms with Gasteiger partial charge in [-0.05, 0) is 77.2 Å². The number of anilines is 1. The number of esters is 1. The Balaban J connectivity index is 1.40. The van der Waals surface area contributed by atoms with Gasteiger partial charge in [-0.1, -0.05) is 52.3 Å². The third kappa shape index (κ3) is 4.21. The summed E-state index contributed by atoms with van der Waals surface area (Å²) >= 11 is 3.37. The summed E-state index contributed by atoms with van der Waals surface area (Å²) in [5.74, 6) is 0.453. The number of ketones is 1. The van der Waals surface area contributed by atoms with E-state index in [9.17, 15) is 9.59 Å². The van der Waals surface area contributed by atoms with Crippen LogP contribution in [-0.4, -0.2) is 18.9 Å². The van der Waals surface area contributed by atoms with Crippen LogP contribution in [0.3, 0.4) is 0 Å². The van der Waals surface area contributed by atoms with E-state index in [1.54, 1.807) is 37.4 Å². The third-order valence-corrected chi connectivity index (χ3v) is 7.61. The zero-order chi connectivity index (χ0) is 25.5. The average molecular weight is 554 g/mol. The Morgan fingerprint density at radius 1 is 0.946 bits per heavy atom. The predicted octanol–water partition coefficient (Wildman–Crippen LogP) is 7.50. The number of carbonyl (C=O) groups excluding carboxylic acids is 2. The molecular formula is C31H24BrNO4. The fourth-order valence-electron chi connectivity index (χ4n) is 5.35. The number of carbonyl (C=O) groups is 2. The maximum Gasteiger partial charge on any atom is 0.343 e. The van der Waals surface area contributed by atoms with Gasteiger partial charge in [-0.2, -0.15) is 0 Å². The summed E-state index contributed by atoms with van der Waals surface area (Å²) in [5.41, 5.74) is 5.40. The van der Waals surface area contributed by atoms with Crippen molar-refractivity contribution in [3.8, 4) is 11.5 Å². The number of allylic oxidation sites excluding steroid dienone is 1. The molecule has 0 bridgehead atoms. The molecule has 0 fully saturated rings. The highest BCUT2D eigenvalue weighted by Crippen LogP contribution is 2.48. The fourth-order valence-corrected chi connectivity index (χ4v) is 5.61. The number of ether oxygens (including phenoxy) is 2. The van der Waals surface area contributed by atoms with E-state index >= 15 is 0 Å². The number of Topliss-reactive ketones (excluding diaryl/α,β-unsaturated/α-hetero) is 1. The van der Waals surface area contributed by atoms with Crippen LogP contribution in [0.5, 0.6) is 11.5 Å². The molecule has 184 valence electrons. The van der Waals surface area contributed by atoms with E-state index in [-0.39, 0.29) is 11.8 Å². The van der Waals surface area contributed by atoms with Crippen molar-refractivity contribution in [1.29, 1.82) is 0 Å². The highest BCUT2D eigenvalue weighted by atomic mass is 79.9. The van der Waals surface area contributed by atoms with Crippen molar-refractivity contribution in [2.75, 3.05) is 12.4 Å². The molecule has 4 aromatic rings. The summed E-state index contributed by atoms with van der Waals surface area (Å²) < 4.78 is 12.1. The molecular weight excluding hydrogens is 530 g/mol. The van der Waals surface area contributed by atoms with Crippen molar-refractivity contribution in [1.82, 2.24) is 0 Å². The second-order valence-corrected chi connectivity index (χ2v) is 10.2. The number of hydrogen-bond acceptors (Lipinski definition) is 5. The van der Waals surface area contributed by atoms with E-state index in [4.69, 9.17) is 9.47 Å². The Morgan fingerprint density at radius 3 is 2.57 bits per heavy atom. The number of methoxy groups -OCH3 is 1. The summed E-state index contributed by atoms with van der Waals surface area (Å²) in [7, 11) is 1.54. The lowest BCUT2D eigenvalue weighted by molar-refractivity contribution is -0.116. The quantitative estimate of drug-likeness (QED) is 0.209. The first-order chi connectivity index (χ1) is 18.0. The Bertz CT molecular complexity index is 1590. The molecule has 1 unspecified atom stereocenters. The number of hydrogen-bond donors (Lipinski definition) is 1. The molecule has 37 heavy (non-hydrogen) atoms. The van der Waals surface area contributed by atoms with Gasteiger partial charge in [-0.15, -0.1) is 0 Å². The normalized spacial score (nSPS) is 16.6. The van der Waals surface area contributed by atoms with Gasteiger partial charge in [0.2, 0.25) is 0 Å². The molecule has 1 aliphatic carbocycles. The molecule has 5 nitrogen and oxygen atoms in total. The Morgan fingerprint density at radius 2 is 1.76 bits per heavy atom. The third-order valence-electron chi connectivity index (χ3n) is 7.08. The fraction of sp³-hybridized carbons (Fsp3) is 0.161. The van der Waals surface area contributed by atoms with Gasteiger partial charge in [0.25, 0.3) is 0 Å². The lowest BCUT2D eigenvalue weighted by atomic mass is 9.77. The van der Waals surface area contributed by atoms with Crippen LogP contribution < -0.4 is 14.8 Å². The van der Waals surface area contributed by atoms with Crippen LogP contribution in [0.1, 0.15) is 46.8 Å². The van der Waals surface area contributed by atoms with Crippen molar-refractivity contribution in [2.45, 2.75) is 25.3 Å². The van der Waals surface area contributed by atoms with Gasteiger partial charge in [0.1, 0.15) is 0 Å². The summed E-state index contributed by atoms with van der Waals surface area (Å²) in [6.45, 7) is 0. The number of fused-ring (bicyclic) bond motifs is 4. The van der Waals surface area contributed by atoms with Crippen molar-refractivity contribution in [2.24, 2.45) is 0 Å². The molecule has 6 rings (SSSR count). The number of nitrogens with one attached hydrogen (secondary N) is 1. The molecule has 0 amide bonds. The standard InChI is InChI=1S/C31H24BrNO4/c1-36-27-17-20(12-16-26(27)37-31(35)19-9-13-21(32)14-10-19)30-29-23(7-4-8-25(29)34)28-22-6-3-2-5-18(22)11-15-24(28)33-30/h2-3,5-6,9-17,30,33H,4,7-8H2,1H3. The maximum atomic E-state index is 13.3. The molecule has 2 aliphatic rings. The molecule has 4 aromatic carbocycles. The highest BCUT2D eigenvalue weighted by molar-refractivity contribution is 9.10. The second kappa shape index (κ2) is 9.52.